The largest absolute Gasteiger partial charge is 0.494 e. The number of nitrogens with one attached hydrogen (secondary N) is 2. The molecule has 0 spiro atoms. The summed E-state index contributed by atoms with van der Waals surface area (Å²) in [6, 6.07) is 26.5. The molecule has 32 heavy (non-hydrogen) atoms. The predicted molar refractivity (Wildman–Crippen MR) is 126 cm³/mol. The molecule has 1 aromatic heterocycles. The van der Waals surface area contributed by atoms with E-state index < -0.39 is 0 Å². The summed E-state index contributed by atoms with van der Waals surface area (Å²) < 4.78 is 5.43. The molecule has 158 valence electrons. The number of para-hydroxylation sites is 1. The van der Waals surface area contributed by atoms with Crippen LogP contribution in [-0.4, -0.2) is 17.5 Å². The fourth-order valence-electron chi connectivity index (χ4n) is 3.43. The average molecular weight is 422 g/mol. The number of ether oxygens (including phenoxy) is 1. The van der Waals surface area contributed by atoms with Gasteiger partial charge in [0.1, 0.15) is 17.4 Å². The number of rotatable bonds is 7. The topological polar surface area (TPSA) is 87.0 Å². The SMILES string of the molecule is CCOc1ccc(C(=O)Nc2nc3ccccc3c(NCc3ccccc3)c2C#N)cc1. The fourth-order valence-corrected chi connectivity index (χ4v) is 3.43. The second kappa shape index (κ2) is 9.63. The van der Waals surface area contributed by atoms with Gasteiger partial charge >= 0.3 is 0 Å². The molecule has 0 atom stereocenters. The lowest BCUT2D eigenvalue weighted by Crippen LogP contribution is -2.15. The van der Waals surface area contributed by atoms with Gasteiger partial charge in [-0.2, -0.15) is 5.26 Å². The summed E-state index contributed by atoms with van der Waals surface area (Å²) in [6.07, 6.45) is 0. The summed E-state index contributed by atoms with van der Waals surface area (Å²) in [5, 5.41) is 16.9. The third kappa shape index (κ3) is 4.52. The van der Waals surface area contributed by atoms with Crippen LogP contribution in [0, 0.1) is 11.3 Å². The number of aromatic nitrogens is 1. The zero-order chi connectivity index (χ0) is 22.3. The fraction of sp³-hybridized carbons (Fsp3) is 0.115. The number of pyridine rings is 1. The third-order valence-corrected chi connectivity index (χ3v) is 4.98. The van der Waals surface area contributed by atoms with Crippen LogP contribution < -0.4 is 15.4 Å². The zero-order valence-corrected chi connectivity index (χ0v) is 17.6. The minimum atomic E-state index is -0.346. The molecule has 0 unspecified atom stereocenters. The maximum Gasteiger partial charge on any atom is 0.256 e. The summed E-state index contributed by atoms with van der Waals surface area (Å²) >= 11 is 0. The molecule has 1 heterocycles. The minimum absolute atomic E-state index is 0.223. The van der Waals surface area contributed by atoms with Crippen molar-refractivity contribution in [3.63, 3.8) is 0 Å². The van der Waals surface area contributed by atoms with Crippen LogP contribution in [0.4, 0.5) is 11.5 Å². The van der Waals surface area contributed by atoms with Gasteiger partial charge in [-0.15, -0.1) is 0 Å². The molecule has 1 amide bonds. The van der Waals surface area contributed by atoms with Gasteiger partial charge in [0.15, 0.2) is 5.82 Å². The Balaban J connectivity index is 1.68. The molecule has 4 aromatic rings. The van der Waals surface area contributed by atoms with Crippen molar-refractivity contribution in [1.82, 2.24) is 4.98 Å². The molecule has 0 aliphatic carbocycles. The molecule has 4 rings (SSSR count). The normalized spacial score (nSPS) is 10.4. The van der Waals surface area contributed by atoms with E-state index in [1.165, 1.54) is 0 Å². The minimum Gasteiger partial charge on any atom is -0.494 e. The van der Waals surface area contributed by atoms with Crippen LogP contribution in [0.15, 0.2) is 78.9 Å². The van der Waals surface area contributed by atoms with Crippen LogP contribution in [0.2, 0.25) is 0 Å². The number of nitriles is 1. The first kappa shape index (κ1) is 20.9. The van der Waals surface area contributed by atoms with E-state index in [1.54, 1.807) is 24.3 Å². The maximum atomic E-state index is 12.9. The van der Waals surface area contributed by atoms with E-state index in [2.05, 4.69) is 21.7 Å². The van der Waals surface area contributed by atoms with Gasteiger partial charge in [-0.3, -0.25) is 4.79 Å². The number of carbonyl (C=O) groups excluding carboxylic acids is 1. The van der Waals surface area contributed by atoms with Crippen LogP contribution >= 0.6 is 0 Å². The van der Waals surface area contributed by atoms with Gasteiger partial charge in [-0.1, -0.05) is 48.5 Å². The van der Waals surface area contributed by atoms with Gasteiger partial charge in [-0.05, 0) is 42.8 Å². The molecular formula is C26H22N4O2. The molecule has 0 fully saturated rings. The van der Waals surface area contributed by atoms with Crippen molar-refractivity contribution in [1.29, 1.82) is 5.26 Å². The first-order valence-electron chi connectivity index (χ1n) is 10.3. The lowest BCUT2D eigenvalue weighted by molar-refractivity contribution is 0.102. The number of nitrogens with zero attached hydrogens (tertiary/aromatic N) is 2. The maximum absolute atomic E-state index is 12.9. The van der Waals surface area contributed by atoms with Gasteiger partial charge in [0.2, 0.25) is 0 Å². The summed E-state index contributed by atoms with van der Waals surface area (Å²) in [5.41, 5.74) is 3.15. The molecular weight excluding hydrogens is 400 g/mol. The number of amides is 1. The lowest BCUT2D eigenvalue weighted by atomic mass is 10.1. The lowest BCUT2D eigenvalue weighted by Gasteiger charge is -2.15. The molecule has 0 bridgehead atoms. The van der Waals surface area contributed by atoms with Gasteiger partial charge in [0.25, 0.3) is 5.91 Å². The number of carbonyl (C=O) groups is 1. The van der Waals surface area contributed by atoms with Crippen LogP contribution in [0.5, 0.6) is 5.75 Å². The molecule has 0 radical (unpaired) electrons. The molecule has 0 aliphatic rings. The monoisotopic (exact) mass is 422 g/mol. The Bertz CT molecular complexity index is 1280. The Morgan fingerprint density at radius 2 is 1.72 bits per heavy atom. The van der Waals surface area contributed by atoms with Crippen molar-refractivity contribution >= 4 is 28.3 Å². The van der Waals surface area contributed by atoms with Crippen molar-refractivity contribution in [3.8, 4) is 11.8 Å². The van der Waals surface area contributed by atoms with Crippen molar-refractivity contribution < 1.29 is 9.53 Å². The highest BCUT2D eigenvalue weighted by molar-refractivity contribution is 6.07. The van der Waals surface area contributed by atoms with E-state index in [1.807, 2.05) is 61.5 Å². The molecule has 2 N–H and O–H groups in total. The van der Waals surface area contributed by atoms with Gasteiger partial charge in [0.05, 0.1) is 17.8 Å². The number of anilines is 2. The third-order valence-electron chi connectivity index (χ3n) is 4.98. The second-order valence-corrected chi connectivity index (χ2v) is 7.09. The highest BCUT2D eigenvalue weighted by atomic mass is 16.5. The molecule has 3 aromatic carbocycles. The Kier molecular flexibility index (Phi) is 6.28. The van der Waals surface area contributed by atoms with Crippen LogP contribution in [0.25, 0.3) is 10.9 Å². The van der Waals surface area contributed by atoms with E-state index in [0.29, 0.717) is 41.2 Å². The summed E-state index contributed by atoms with van der Waals surface area (Å²) in [7, 11) is 0. The standard InChI is InChI=1S/C26H22N4O2/c1-2-32-20-14-12-19(13-15-20)26(31)30-25-22(16-27)24(21-10-6-7-11-23(21)29-25)28-17-18-8-4-3-5-9-18/h3-15H,2,17H2,1H3,(H2,28,29,30,31). The average Bonchev–Trinajstić information content (AvgIpc) is 2.83. The number of benzene rings is 3. The van der Waals surface area contributed by atoms with Gasteiger partial charge in [0, 0.05) is 17.5 Å². The quantitative estimate of drug-likeness (QED) is 0.418. The summed E-state index contributed by atoms with van der Waals surface area (Å²) in [6.45, 7) is 2.99. The van der Waals surface area contributed by atoms with E-state index in [4.69, 9.17) is 4.74 Å². The van der Waals surface area contributed by atoms with Gasteiger partial charge < -0.3 is 15.4 Å². The number of fused-ring (bicyclic) bond motifs is 1. The zero-order valence-electron chi connectivity index (χ0n) is 17.6. The Labute approximate surface area is 186 Å². The number of hydrogen-bond acceptors (Lipinski definition) is 5. The highest BCUT2D eigenvalue weighted by Crippen LogP contribution is 2.31. The summed E-state index contributed by atoms with van der Waals surface area (Å²) in [4.78, 5) is 17.4. The highest BCUT2D eigenvalue weighted by Gasteiger charge is 2.17. The molecule has 6 heteroatoms. The predicted octanol–water partition coefficient (Wildman–Crippen LogP) is 5.37. The molecule has 0 saturated heterocycles. The Morgan fingerprint density at radius 3 is 2.44 bits per heavy atom. The first-order valence-corrected chi connectivity index (χ1v) is 10.3. The molecule has 0 aliphatic heterocycles. The van der Waals surface area contributed by atoms with Crippen LogP contribution in [0.3, 0.4) is 0 Å². The van der Waals surface area contributed by atoms with Crippen molar-refractivity contribution in [2.45, 2.75) is 13.5 Å². The van der Waals surface area contributed by atoms with Crippen molar-refractivity contribution in [2.24, 2.45) is 0 Å². The van der Waals surface area contributed by atoms with E-state index >= 15 is 0 Å². The van der Waals surface area contributed by atoms with Crippen LogP contribution in [-0.2, 0) is 6.54 Å². The van der Waals surface area contributed by atoms with Crippen molar-refractivity contribution in [3.05, 3.63) is 95.6 Å². The van der Waals surface area contributed by atoms with E-state index in [-0.39, 0.29) is 11.7 Å². The Hall–Kier alpha value is -4.37. The number of hydrogen-bond donors (Lipinski definition) is 2. The summed E-state index contributed by atoms with van der Waals surface area (Å²) in [5.74, 6) is 0.569. The molecule has 6 nitrogen and oxygen atoms in total. The first-order chi connectivity index (χ1) is 15.7. The van der Waals surface area contributed by atoms with E-state index in [9.17, 15) is 10.1 Å². The van der Waals surface area contributed by atoms with Crippen molar-refractivity contribution in [2.75, 3.05) is 17.2 Å². The molecule has 0 saturated carbocycles. The Morgan fingerprint density at radius 1 is 1.00 bits per heavy atom. The van der Waals surface area contributed by atoms with Gasteiger partial charge in [-0.25, -0.2) is 4.98 Å². The van der Waals surface area contributed by atoms with Crippen LogP contribution in [0.1, 0.15) is 28.4 Å². The van der Waals surface area contributed by atoms with E-state index in [0.717, 1.165) is 10.9 Å². The smallest absolute Gasteiger partial charge is 0.256 e. The second-order valence-electron chi connectivity index (χ2n) is 7.09.